The van der Waals surface area contributed by atoms with Crippen molar-refractivity contribution in [1.82, 2.24) is 0 Å². The molecule has 1 aromatic rings. The van der Waals surface area contributed by atoms with Crippen LogP contribution in [0.3, 0.4) is 0 Å². The molecule has 2 rings (SSSR count). The van der Waals surface area contributed by atoms with Crippen LogP contribution in [-0.4, -0.2) is 15.8 Å². The summed E-state index contributed by atoms with van der Waals surface area (Å²) < 4.78 is 1.53. The SMILES string of the molecule is [C]1=Cc2ccccc2[AsH]1. The number of benzene rings is 1. The predicted molar refractivity (Wildman–Crippen MR) is 40.9 cm³/mol. The third-order valence-corrected chi connectivity index (χ3v) is 3.52. The molecule has 1 aliphatic rings. The molecular formula is C8H6As. The van der Waals surface area contributed by atoms with E-state index in [1.54, 1.807) is 0 Å². The van der Waals surface area contributed by atoms with Crippen molar-refractivity contribution in [2.45, 2.75) is 0 Å². The molecule has 0 saturated heterocycles. The molecule has 0 N–H and O–H groups in total. The molecule has 1 radical (unpaired) electrons. The van der Waals surface area contributed by atoms with Gasteiger partial charge < -0.3 is 0 Å². The molecule has 9 heavy (non-hydrogen) atoms. The molecule has 0 nitrogen and oxygen atoms in total. The Morgan fingerprint density at radius 3 is 3.00 bits per heavy atom. The van der Waals surface area contributed by atoms with E-state index in [0.717, 1.165) is 0 Å². The van der Waals surface area contributed by atoms with E-state index in [9.17, 15) is 0 Å². The molecule has 0 amide bonds. The van der Waals surface area contributed by atoms with Crippen LogP contribution in [0.5, 0.6) is 0 Å². The molecule has 0 fully saturated rings. The van der Waals surface area contributed by atoms with Gasteiger partial charge in [0, 0.05) is 0 Å². The zero-order valence-corrected chi connectivity index (χ0v) is 6.98. The van der Waals surface area contributed by atoms with E-state index >= 15 is 0 Å². The van der Waals surface area contributed by atoms with Gasteiger partial charge in [0.2, 0.25) is 0 Å². The van der Waals surface area contributed by atoms with Crippen LogP contribution >= 0.6 is 0 Å². The van der Waals surface area contributed by atoms with E-state index in [0.29, 0.717) is 0 Å². The first kappa shape index (κ1) is 5.31. The Hall–Kier alpha value is -0.482. The van der Waals surface area contributed by atoms with Gasteiger partial charge in [0.05, 0.1) is 0 Å². The monoisotopic (exact) mass is 177 g/mol. The normalized spacial score (nSPS) is 16.4. The molecule has 0 saturated carbocycles. The maximum atomic E-state index is 3.29. The van der Waals surface area contributed by atoms with Crippen LogP contribution in [0.2, 0.25) is 0 Å². The molecular weight excluding hydrogens is 171 g/mol. The summed E-state index contributed by atoms with van der Waals surface area (Å²) in [6.45, 7) is 0. The summed E-state index contributed by atoms with van der Waals surface area (Å²) in [6, 6.07) is 8.53. The van der Waals surface area contributed by atoms with E-state index in [1.807, 2.05) is 0 Å². The average molecular weight is 177 g/mol. The first-order valence-electron chi connectivity index (χ1n) is 2.90. The van der Waals surface area contributed by atoms with Gasteiger partial charge in [0.1, 0.15) is 0 Å². The summed E-state index contributed by atoms with van der Waals surface area (Å²) >= 11 is -0.00296. The molecule has 1 atom stereocenters. The van der Waals surface area contributed by atoms with Crippen molar-refractivity contribution in [3.63, 3.8) is 0 Å². The fourth-order valence-electron chi connectivity index (χ4n) is 0.928. The van der Waals surface area contributed by atoms with Gasteiger partial charge in [0.15, 0.2) is 0 Å². The molecule has 1 aliphatic heterocycles. The van der Waals surface area contributed by atoms with Crippen molar-refractivity contribution in [2.24, 2.45) is 0 Å². The second-order valence-corrected chi connectivity index (χ2v) is 4.26. The van der Waals surface area contributed by atoms with Gasteiger partial charge in [-0.05, 0) is 0 Å². The van der Waals surface area contributed by atoms with Crippen LogP contribution in [0.25, 0.3) is 6.08 Å². The van der Waals surface area contributed by atoms with E-state index in [2.05, 4.69) is 35.2 Å². The van der Waals surface area contributed by atoms with Crippen LogP contribution in [0.15, 0.2) is 24.3 Å². The Kier molecular flexibility index (Phi) is 1.20. The number of hydrogen-bond donors (Lipinski definition) is 0. The summed E-state index contributed by atoms with van der Waals surface area (Å²) in [4.78, 5) is 3.29. The Labute approximate surface area is 61.3 Å². The molecule has 43 valence electrons. The second kappa shape index (κ2) is 2.04. The summed E-state index contributed by atoms with van der Waals surface area (Å²) in [5.74, 6) is 0. The molecule has 1 heteroatoms. The van der Waals surface area contributed by atoms with Crippen molar-refractivity contribution in [1.29, 1.82) is 0 Å². The Bertz CT molecular complexity index is 250. The first-order chi connectivity index (χ1) is 4.47. The molecule has 1 unspecified atom stereocenters. The summed E-state index contributed by atoms with van der Waals surface area (Å²) in [5.41, 5.74) is 1.39. The van der Waals surface area contributed by atoms with E-state index < -0.39 is 0 Å². The van der Waals surface area contributed by atoms with Crippen molar-refractivity contribution < 1.29 is 0 Å². The van der Waals surface area contributed by atoms with Crippen LogP contribution < -0.4 is 4.35 Å². The van der Waals surface area contributed by atoms with Crippen LogP contribution in [0.1, 0.15) is 5.56 Å². The van der Waals surface area contributed by atoms with Crippen molar-refractivity contribution in [3.8, 4) is 0 Å². The van der Waals surface area contributed by atoms with Crippen LogP contribution in [0.4, 0.5) is 0 Å². The van der Waals surface area contributed by atoms with Gasteiger partial charge in [-0.15, -0.1) is 0 Å². The average Bonchev–Trinajstić information content (AvgIpc) is 2.33. The van der Waals surface area contributed by atoms with Gasteiger partial charge in [-0.1, -0.05) is 0 Å². The number of hydrogen-bond acceptors (Lipinski definition) is 0. The molecule has 0 aliphatic carbocycles. The van der Waals surface area contributed by atoms with Crippen molar-refractivity contribution in [3.05, 3.63) is 34.7 Å². The minimum absolute atomic E-state index is 0.00296. The third kappa shape index (κ3) is 0.839. The standard InChI is InChI=1S/C8H6As/c1-2-4-8-7(3-1)5-6-9-8/h1-5,9H. The van der Waals surface area contributed by atoms with Crippen molar-refractivity contribution in [2.75, 3.05) is 0 Å². The minimum atomic E-state index is -0.00296. The zero-order valence-electron chi connectivity index (χ0n) is 4.89. The van der Waals surface area contributed by atoms with Gasteiger partial charge >= 0.3 is 60.9 Å². The van der Waals surface area contributed by atoms with Gasteiger partial charge in [-0.2, -0.15) is 0 Å². The maximum absolute atomic E-state index is 3.29. The van der Waals surface area contributed by atoms with Crippen LogP contribution in [0, 0.1) is 4.86 Å². The fourth-order valence-corrected chi connectivity index (χ4v) is 2.74. The first-order valence-corrected chi connectivity index (χ1v) is 5.00. The topological polar surface area (TPSA) is 0 Å². The second-order valence-electron chi connectivity index (χ2n) is 2.00. The van der Waals surface area contributed by atoms with Crippen LogP contribution in [-0.2, 0) is 0 Å². The molecule has 0 bridgehead atoms. The zero-order chi connectivity index (χ0) is 6.10. The molecule has 1 aromatic carbocycles. The predicted octanol–water partition coefficient (Wildman–Crippen LogP) is 0.536. The van der Waals surface area contributed by atoms with Gasteiger partial charge in [-0.3, -0.25) is 0 Å². The van der Waals surface area contributed by atoms with Crippen molar-refractivity contribution >= 4 is 26.2 Å². The van der Waals surface area contributed by atoms with Gasteiger partial charge in [-0.25, -0.2) is 0 Å². The third-order valence-electron chi connectivity index (χ3n) is 1.40. The Morgan fingerprint density at radius 2 is 2.11 bits per heavy atom. The quantitative estimate of drug-likeness (QED) is 0.507. The summed E-state index contributed by atoms with van der Waals surface area (Å²) in [6.07, 6.45) is 2.11. The Balaban J connectivity index is 2.63. The van der Waals surface area contributed by atoms with E-state index in [-0.39, 0.29) is 15.8 Å². The molecule has 1 heterocycles. The number of fused-ring (bicyclic) bond motifs is 1. The summed E-state index contributed by atoms with van der Waals surface area (Å²) in [7, 11) is 0. The van der Waals surface area contributed by atoms with Gasteiger partial charge in [0.25, 0.3) is 0 Å². The molecule has 0 aromatic heterocycles. The summed E-state index contributed by atoms with van der Waals surface area (Å²) in [5, 5.41) is 0. The molecule has 0 spiro atoms. The van der Waals surface area contributed by atoms with E-state index in [1.165, 1.54) is 9.91 Å². The van der Waals surface area contributed by atoms with E-state index in [4.69, 9.17) is 0 Å². The Morgan fingerprint density at radius 1 is 1.22 bits per heavy atom. The fraction of sp³-hybridized carbons (Fsp3) is 0. The number of rotatable bonds is 0.